The maximum atomic E-state index is 13.3. The van der Waals surface area contributed by atoms with Crippen molar-refractivity contribution in [1.29, 1.82) is 0 Å². The lowest BCUT2D eigenvalue weighted by atomic mass is 10.1. The van der Waals surface area contributed by atoms with Crippen LogP contribution in [0.1, 0.15) is 45.6 Å². The zero-order chi connectivity index (χ0) is 26.2. The third-order valence-electron chi connectivity index (χ3n) is 5.47. The molecule has 10 heteroatoms. The molecule has 0 aliphatic carbocycles. The minimum absolute atomic E-state index is 0.0738. The summed E-state index contributed by atoms with van der Waals surface area (Å²) in [6.07, 6.45) is 0.816. The Balaban J connectivity index is 2.16. The number of benzene rings is 2. The van der Waals surface area contributed by atoms with E-state index in [1.54, 1.807) is 36.4 Å². The Hall–Kier alpha value is -2.13. The Bertz CT molecular complexity index is 1110. The fourth-order valence-corrected chi connectivity index (χ4v) is 5.18. The van der Waals surface area contributed by atoms with Crippen LogP contribution in [0.3, 0.4) is 0 Å². The van der Waals surface area contributed by atoms with Crippen molar-refractivity contribution in [3.8, 4) is 0 Å². The monoisotopic (exact) mass is 541 g/mol. The van der Waals surface area contributed by atoms with E-state index in [2.05, 4.69) is 5.32 Å². The first kappa shape index (κ1) is 29.1. The van der Waals surface area contributed by atoms with E-state index < -0.39 is 16.1 Å². The van der Waals surface area contributed by atoms with Crippen molar-refractivity contribution in [2.45, 2.75) is 63.6 Å². The highest BCUT2D eigenvalue weighted by Gasteiger charge is 2.29. The molecule has 1 atom stereocenters. The molecule has 0 fully saturated rings. The van der Waals surface area contributed by atoms with Crippen molar-refractivity contribution in [2.75, 3.05) is 13.6 Å². The molecule has 0 bridgehead atoms. The molecule has 0 radical (unpaired) electrons. The second-order valence-corrected chi connectivity index (χ2v) is 11.5. The third-order valence-corrected chi connectivity index (χ3v) is 8.08. The van der Waals surface area contributed by atoms with E-state index in [1.165, 1.54) is 28.4 Å². The topological polar surface area (TPSA) is 86.8 Å². The van der Waals surface area contributed by atoms with Gasteiger partial charge in [0.2, 0.25) is 21.8 Å². The van der Waals surface area contributed by atoms with Crippen LogP contribution in [-0.2, 0) is 26.2 Å². The number of hydrogen-bond donors (Lipinski definition) is 1. The van der Waals surface area contributed by atoms with Gasteiger partial charge in [0.25, 0.3) is 0 Å². The summed E-state index contributed by atoms with van der Waals surface area (Å²) in [4.78, 5) is 27.9. The largest absolute Gasteiger partial charge is 0.352 e. The van der Waals surface area contributed by atoms with Gasteiger partial charge in [0.05, 0.1) is 14.9 Å². The van der Waals surface area contributed by atoms with Gasteiger partial charge in [-0.3, -0.25) is 9.59 Å². The normalized spacial score (nSPS) is 12.6. The number of halogens is 2. The third kappa shape index (κ3) is 8.20. The van der Waals surface area contributed by atoms with Gasteiger partial charge in [-0.15, -0.1) is 0 Å². The predicted octanol–water partition coefficient (Wildman–Crippen LogP) is 4.73. The highest BCUT2D eigenvalue weighted by molar-refractivity contribution is 7.89. The molecule has 2 aromatic carbocycles. The van der Waals surface area contributed by atoms with Crippen LogP contribution in [0.15, 0.2) is 53.4 Å². The number of rotatable bonds is 12. The molecular formula is C25H33Cl2N3O4S. The number of carbonyl (C=O) groups excluding carboxylic acids is 2. The number of carbonyl (C=O) groups is 2. The summed E-state index contributed by atoms with van der Waals surface area (Å²) < 4.78 is 26.7. The molecule has 0 unspecified atom stereocenters. The molecule has 2 amide bonds. The van der Waals surface area contributed by atoms with Gasteiger partial charge in [-0.1, -0.05) is 54.4 Å². The molecule has 0 spiro atoms. The highest BCUT2D eigenvalue weighted by atomic mass is 35.5. The van der Waals surface area contributed by atoms with E-state index in [0.717, 1.165) is 5.56 Å². The van der Waals surface area contributed by atoms with E-state index in [0.29, 0.717) is 22.9 Å². The van der Waals surface area contributed by atoms with Crippen LogP contribution in [-0.4, -0.2) is 55.1 Å². The van der Waals surface area contributed by atoms with E-state index in [1.807, 2.05) is 20.8 Å². The Labute approximate surface area is 218 Å². The van der Waals surface area contributed by atoms with Crippen molar-refractivity contribution in [3.05, 3.63) is 64.1 Å². The van der Waals surface area contributed by atoms with Crippen LogP contribution in [0.25, 0.3) is 0 Å². The van der Waals surface area contributed by atoms with Crippen LogP contribution in [0, 0.1) is 0 Å². The Morgan fingerprint density at radius 2 is 1.69 bits per heavy atom. The molecule has 0 aliphatic rings. The molecule has 1 N–H and O–H groups in total. The lowest BCUT2D eigenvalue weighted by Gasteiger charge is -2.31. The van der Waals surface area contributed by atoms with E-state index in [-0.39, 0.29) is 42.3 Å². The number of nitrogens with one attached hydrogen (secondary N) is 1. The van der Waals surface area contributed by atoms with Crippen LogP contribution in [0.5, 0.6) is 0 Å². The zero-order valence-corrected chi connectivity index (χ0v) is 22.8. The minimum atomic E-state index is -3.65. The summed E-state index contributed by atoms with van der Waals surface area (Å²) >= 11 is 12.2. The fraction of sp³-hybridized carbons (Fsp3) is 0.440. The van der Waals surface area contributed by atoms with Gasteiger partial charge in [-0.2, -0.15) is 0 Å². The standard InChI is InChI=1S/C25H33Cl2N3O4S/c1-5-23(25(32)28-18(2)3)30(17-19-13-14-21(26)22(27)16-19)24(31)12-9-15-29(4)35(33,34)20-10-7-6-8-11-20/h6-8,10-11,13-14,16,18,23H,5,9,12,15,17H2,1-4H3,(H,28,32)/t23-/m1/s1. The molecule has 0 aromatic heterocycles. The Morgan fingerprint density at radius 3 is 2.26 bits per heavy atom. The number of hydrogen-bond acceptors (Lipinski definition) is 4. The van der Waals surface area contributed by atoms with Crippen LogP contribution < -0.4 is 5.32 Å². The minimum Gasteiger partial charge on any atom is -0.352 e. The molecule has 35 heavy (non-hydrogen) atoms. The first-order valence-electron chi connectivity index (χ1n) is 11.5. The molecule has 2 rings (SSSR count). The first-order chi connectivity index (χ1) is 16.5. The average Bonchev–Trinajstić information content (AvgIpc) is 2.81. The van der Waals surface area contributed by atoms with Crippen molar-refractivity contribution in [1.82, 2.24) is 14.5 Å². The molecule has 7 nitrogen and oxygen atoms in total. The molecule has 0 heterocycles. The van der Waals surface area contributed by atoms with Gasteiger partial charge in [-0.25, -0.2) is 12.7 Å². The van der Waals surface area contributed by atoms with Gasteiger partial charge in [0, 0.05) is 32.6 Å². The van der Waals surface area contributed by atoms with Crippen LogP contribution in [0.2, 0.25) is 10.0 Å². The maximum absolute atomic E-state index is 13.3. The summed E-state index contributed by atoms with van der Waals surface area (Å²) in [5, 5.41) is 3.65. The number of amides is 2. The van der Waals surface area contributed by atoms with E-state index >= 15 is 0 Å². The number of sulfonamides is 1. The van der Waals surface area contributed by atoms with Gasteiger partial charge in [0.1, 0.15) is 6.04 Å². The van der Waals surface area contributed by atoms with Crippen LogP contribution in [0.4, 0.5) is 0 Å². The van der Waals surface area contributed by atoms with Crippen molar-refractivity contribution in [2.24, 2.45) is 0 Å². The summed E-state index contributed by atoms with van der Waals surface area (Å²) in [6.45, 7) is 5.91. The Morgan fingerprint density at radius 1 is 1.03 bits per heavy atom. The molecule has 0 aliphatic heterocycles. The lowest BCUT2D eigenvalue weighted by Crippen LogP contribution is -2.50. The lowest BCUT2D eigenvalue weighted by molar-refractivity contribution is -0.141. The van der Waals surface area contributed by atoms with Crippen LogP contribution >= 0.6 is 23.2 Å². The van der Waals surface area contributed by atoms with Gasteiger partial charge < -0.3 is 10.2 Å². The zero-order valence-electron chi connectivity index (χ0n) is 20.5. The molecule has 0 saturated heterocycles. The quantitative estimate of drug-likeness (QED) is 0.420. The summed E-state index contributed by atoms with van der Waals surface area (Å²) in [5.41, 5.74) is 0.743. The summed E-state index contributed by atoms with van der Waals surface area (Å²) in [7, 11) is -2.15. The highest BCUT2D eigenvalue weighted by Crippen LogP contribution is 2.24. The average molecular weight is 543 g/mol. The van der Waals surface area contributed by atoms with Crippen molar-refractivity contribution >= 4 is 45.0 Å². The second kappa shape index (κ2) is 13.3. The van der Waals surface area contributed by atoms with E-state index in [4.69, 9.17) is 23.2 Å². The SMILES string of the molecule is CC[C@H](C(=O)NC(C)C)N(Cc1ccc(Cl)c(Cl)c1)C(=O)CCCN(C)S(=O)(=O)c1ccccc1. The molecular weight excluding hydrogens is 509 g/mol. The predicted molar refractivity (Wildman–Crippen MR) is 140 cm³/mol. The van der Waals surface area contributed by atoms with Gasteiger partial charge >= 0.3 is 0 Å². The van der Waals surface area contributed by atoms with Crippen molar-refractivity contribution in [3.63, 3.8) is 0 Å². The smallest absolute Gasteiger partial charge is 0.243 e. The maximum Gasteiger partial charge on any atom is 0.243 e. The second-order valence-electron chi connectivity index (χ2n) is 8.60. The van der Waals surface area contributed by atoms with Gasteiger partial charge in [0.15, 0.2) is 0 Å². The van der Waals surface area contributed by atoms with E-state index in [9.17, 15) is 18.0 Å². The first-order valence-corrected chi connectivity index (χ1v) is 13.7. The van der Waals surface area contributed by atoms with Gasteiger partial charge in [-0.05, 0) is 56.5 Å². The molecule has 192 valence electrons. The molecule has 2 aromatic rings. The molecule has 0 saturated carbocycles. The Kier molecular flexibility index (Phi) is 11.0. The summed E-state index contributed by atoms with van der Waals surface area (Å²) in [6, 6.07) is 12.5. The summed E-state index contributed by atoms with van der Waals surface area (Å²) in [5.74, 6) is -0.480. The fourth-order valence-electron chi connectivity index (χ4n) is 3.62. The number of nitrogens with zero attached hydrogens (tertiary/aromatic N) is 2. The van der Waals surface area contributed by atoms with Crippen molar-refractivity contribution < 1.29 is 18.0 Å².